The fourth-order valence-electron chi connectivity index (χ4n) is 2.16. The fourth-order valence-corrected chi connectivity index (χ4v) is 3.02. The maximum Gasteiger partial charge on any atom is 0.241 e. The van der Waals surface area contributed by atoms with Gasteiger partial charge in [0.15, 0.2) is 0 Å². The number of carbonyl (C=O) groups is 1. The zero-order chi connectivity index (χ0) is 18.3. The molecule has 1 aromatic carbocycles. The average molecular weight is 363 g/mol. The van der Waals surface area contributed by atoms with E-state index in [-0.39, 0.29) is 6.54 Å². The van der Waals surface area contributed by atoms with E-state index in [1.54, 1.807) is 48.8 Å². The molecule has 25 heavy (non-hydrogen) atoms. The van der Waals surface area contributed by atoms with E-state index in [1.165, 1.54) is 0 Å². The first-order chi connectivity index (χ1) is 11.9. The predicted molar refractivity (Wildman–Crippen MR) is 95.9 cm³/mol. The lowest BCUT2D eigenvalue weighted by Gasteiger charge is -2.22. The van der Waals surface area contributed by atoms with Gasteiger partial charge in [-0.15, -0.1) is 0 Å². The van der Waals surface area contributed by atoms with Gasteiger partial charge in [-0.1, -0.05) is 0 Å². The molecule has 0 saturated carbocycles. The molecule has 8 heteroatoms. The van der Waals surface area contributed by atoms with Crippen molar-refractivity contribution in [1.29, 1.82) is 0 Å². The largest absolute Gasteiger partial charge is 0.494 e. The molecule has 0 spiro atoms. The van der Waals surface area contributed by atoms with E-state index in [0.717, 1.165) is 16.1 Å². The Labute approximate surface area is 147 Å². The minimum Gasteiger partial charge on any atom is -0.494 e. The number of carbonyl (C=O) groups excluding carboxylic acids is 1. The first kappa shape index (κ1) is 18.7. The van der Waals surface area contributed by atoms with Crippen LogP contribution in [0.15, 0.2) is 48.8 Å². The van der Waals surface area contributed by atoms with Crippen molar-refractivity contribution in [1.82, 2.24) is 10.3 Å². The number of benzene rings is 1. The summed E-state index contributed by atoms with van der Waals surface area (Å²) < 4.78 is 30.5. The Kier molecular flexibility index (Phi) is 6.35. The summed E-state index contributed by atoms with van der Waals surface area (Å²) in [6.07, 6.45) is 4.33. The van der Waals surface area contributed by atoms with Crippen LogP contribution in [0.3, 0.4) is 0 Å². The highest BCUT2D eigenvalue weighted by molar-refractivity contribution is 7.92. The van der Waals surface area contributed by atoms with E-state index >= 15 is 0 Å². The number of nitrogens with one attached hydrogen (secondary N) is 1. The van der Waals surface area contributed by atoms with E-state index < -0.39 is 15.9 Å². The van der Waals surface area contributed by atoms with Gasteiger partial charge in [0.25, 0.3) is 0 Å². The fraction of sp³-hybridized carbons (Fsp3) is 0.294. The van der Waals surface area contributed by atoms with E-state index in [9.17, 15) is 13.2 Å². The highest BCUT2D eigenvalue weighted by Gasteiger charge is 2.20. The summed E-state index contributed by atoms with van der Waals surface area (Å²) in [6.45, 7) is 2.40. The maximum absolute atomic E-state index is 12.2. The molecule has 0 aliphatic carbocycles. The van der Waals surface area contributed by atoms with Crippen LogP contribution in [0.2, 0.25) is 0 Å². The van der Waals surface area contributed by atoms with Crippen LogP contribution >= 0.6 is 0 Å². The lowest BCUT2D eigenvalue weighted by Crippen LogP contribution is -2.40. The highest BCUT2D eigenvalue weighted by atomic mass is 32.2. The third-order valence-corrected chi connectivity index (χ3v) is 4.50. The van der Waals surface area contributed by atoms with E-state index in [0.29, 0.717) is 24.6 Å². The van der Waals surface area contributed by atoms with Crippen LogP contribution in [0, 0.1) is 0 Å². The van der Waals surface area contributed by atoms with Gasteiger partial charge in [-0.3, -0.25) is 14.1 Å². The van der Waals surface area contributed by atoms with Crippen LogP contribution in [0.4, 0.5) is 5.69 Å². The van der Waals surface area contributed by atoms with Crippen LogP contribution in [0.5, 0.6) is 5.75 Å². The normalized spacial score (nSPS) is 11.0. The van der Waals surface area contributed by atoms with Gasteiger partial charge in [0.2, 0.25) is 15.9 Å². The number of anilines is 1. The number of ether oxygens (including phenoxy) is 1. The van der Waals surface area contributed by atoms with Crippen molar-refractivity contribution in [3.63, 3.8) is 0 Å². The van der Waals surface area contributed by atoms with Gasteiger partial charge in [-0.25, -0.2) is 8.42 Å². The number of sulfonamides is 1. The molecular formula is C17H21N3O4S. The standard InChI is InChI=1S/C17H21N3O4S/c1-3-24-16-6-4-15(5-7-16)20(25(2,22)23)13-17(21)19-12-14-8-10-18-11-9-14/h4-11H,3,12-13H2,1-2H3,(H,19,21). The summed E-state index contributed by atoms with van der Waals surface area (Å²) >= 11 is 0. The van der Waals surface area contributed by atoms with E-state index in [4.69, 9.17) is 4.74 Å². The molecule has 0 fully saturated rings. The van der Waals surface area contributed by atoms with Crippen molar-refractivity contribution in [2.75, 3.05) is 23.7 Å². The Balaban J connectivity index is 2.06. The van der Waals surface area contributed by atoms with Gasteiger partial charge in [-0.05, 0) is 48.9 Å². The van der Waals surface area contributed by atoms with Crippen molar-refractivity contribution >= 4 is 21.6 Å². The molecule has 0 radical (unpaired) electrons. The Morgan fingerprint density at radius 2 is 1.80 bits per heavy atom. The third-order valence-electron chi connectivity index (χ3n) is 3.36. The molecule has 134 valence electrons. The molecule has 0 unspecified atom stereocenters. The zero-order valence-corrected chi connectivity index (χ0v) is 15.0. The van der Waals surface area contributed by atoms with Crippen molar-refractivity contribution in [3.8, 4) is 5.75 Å². The summed E-state index contributed by atoms with van der Waals surface area (Å²) in [5, 5.41) is 2.71. The van der Waals surface area contributed by atoms with Crippen LogP contribution in [0.25, 0.3) is 0 Å². The van der Waals surface area contributed by atoms with Crippen LogP contribution < -0.4 is 14.4 Å². The second kappa shape index (κ2) is 8.48. The molecule has 0 aliphatic rings. The highest BCUT2D eigenvalue weighted by Crippen LogP contribution is 2.21. The molecule has 1 N–H and O–H groups in total. The molecular weight excluding hydrogens is 342 g/mol. The number of aromatic nitrogens is 1. The van der Waals surface area contributed by atoms with Crippen molar-refractivity contribution < 1.29 is 17.9 Å². The topological polar surface area (TPSA) is 88.6 Å². The van der Waals surface area contributed by atoms with Gasteiger partial charge in [0.1, 0.15) is 12.3 Å². The third kappa shape index (κ3) is 5.75. The maximum atomic E-state index is 12.2. The van der Waals surface area contributed by atoms with Crippen LogP contribution in [0.1, 0.15) is 12.5 Å². The Morgan fingerprint density at radius 3 is 2.36 bits per heavy atom. The zero-order valence-electron chi connectivity index (χ0n) is 14.2. The summed E-state index contributed by atoms with van der Waals surface area (Å²) in [7, 11) is -3.60. The van der Waals surface area contributed by atoms with Gasteiger partial charge < -0.3 is 10.1 Å². The average Bonchev–Trinajstić information content (AvgIpc) is 2.59. The van der Waals surface area contributed by atoms with Gasteiger partial charge >= 0.3 is 0 Å². The Morgan fingerprint density at radius 1 is 1.16 bits per heavy atom. The lowest BCUT2D eigenvalue weighted by molar-refractivity contribution is -0.119. The first-order valence-electron chi connectivity index (χ1n) is 7.76. The first-order valence-corrected chi connectivity index (χ1v) is 9.61. The van der Waals surface area contributed by atoms with Crippen molar-refractivity contribution in [2.45, 2.75) is 13.5 Å². The predicted octanol–water partition coefficient (Wildman–Crippen LogP) is 1.56. The second-order valence-electron chi connectivity index (χ2n) is 5.33. The minimum atomic E-state index is -3.60. The molecule has 0 bridgehead atoms. The minimum absolute atomic E-state index is 0.294. The number of amides is 1. The number of rotatable bonds is 8. The molecule has 1 aromatic heterocycles. The summed E-state index contributed by atoms with van der Waals surface area (Å²) in [6, 6.07) is 10.1. The summed E-state index contributed by atoms with van der Waals surface area (Å²) in [5.74, 6) is 0.248. The summed E-state index contributed by atoms with van der Waals surface area (Å²) in [5.41, 5.74) is 1.29. The van der Waals surface area contributed by atoms with Gasteiger partial charge in [-0.2, -0.15) is 0 Å². The number of pyridine rings is 1. The SMILES string of the molecule is CCOc1ccc(N(CC(=O)NCc2ccncc2)S(C)(=O)=O)cc1. The van der Waals surface area contributed by atoms with E-state index in [1.807, 2.05) is 6.92 Å². The van der Waals surface area contributed by atoms with Gasteiger partial charge in [0.05, 0.1) is 18.6 Å². The summed E-state index contributed by atoms with van der Waals surface area (Å²) in [4.78, 5) is 16.1. The Hall–Kier alpha value is -2.61. The molecule has 1 heterocycles. The van der Waals surface area contributed by atoms with Crippen molar-refractivity contribution in [3.05, 3.63) is 54.4 Å². The second-order valence-corrected chi connectivity index (χ2v) is 7.24. The lowest BCUT2D eigenvalue weighted by atomic mass is 10.2. The molecule has 0 atom stereocenters. The number of hydrogen-bond acceptors (Lipinski definition) is 5. The molecule has 2 aromatic rings. The monoisotopic (exact) mass is 363 g/mol. The van der Waals surface area contributed by atoms with Crippen molar-refractivity contribution in [2.24, 2.45) is 0 Å². The smallest absolute Gasteiger partial charge is 0.241 e. The molecule has 0 saturated heterocycles. The quantitative estimate of drug-likeness (QED) is 0.769. The van der Waals surface area contributed by atoms with Crippen LogP contribution in [-0.2, 0) is 21.4 Å². The number of nitrogens with zero attached hydrogens (tertiary/aromatic N) is 2. The molecule has 7 nitrogen and oxygen atoms in total. The number of hydrogen-bond donors (Lipinski definition) is 1. The van der Waals surface area contributed by atoms with E-state index in [2.05, 4.69) is 10.3 Å². The molecule has 0 aliphatic heterocycles. The molecule has 2 rings (SSSR count). The molecule has 1 amide bonds. The van der Waals surface area contributed by atoms with Gasteiger partial charge in [0, 0.05) is 18.9 Å². The Bertz CT molecular complexity index is 792. The van der Waals surface area contributed by atoms with Crippen LogP contribution in [-0.4, -0.2) is 38.7 Å².